The number of nitrogens with two attached hydrogens (primary N) is 1. The highest BCUT2D eigenvalue weighted by atomic mass is 35.5. The van der Waals surface area contributed by atoms with E-state index in [9.17, 15) is 13.6 Å². The van der Waals surface area contributed by atoms with E-state index in [4.69, 9.17) is 22.1 Å². The van der Waals surface area contributed by atoms with Crippen LogP contribution in [0.2, 0.25) is 5.02 Å². The van der Waals surface area contributed by atoms with Crippen molar-refractivity contribution in [1.82, 2.24) is 14.7 Å². The molecule has 0 aliphatic carbocycles. The topological polar surface area (TPSA) is 85.4 Å². The Kier molecular flexibility index (Phi) is 8.98. The molecule has 1 saturated heterocycles. The molecule has 1 aliphatic rings. The largest absolute Gasteiger partial charge is 0.383 e. The summed E-state index contributed by atoms with van der Waals surface area (Å²) < 4.78 is 32.5. The number of amides is 2. The van der Waals surface area contributed by atoms with Crippen LogP contribution in [0, 0.1) is 11.6 Å². The van der Waals surface area contributed by atoms with Crippen molar-refractivity contribution in [3.8, 4) is 11.3 Å². The summed E-state index contributed by atoms with van der Waals surface area (Å²) in [5.74, 6) is -0.833. The zero-order valence-electron chi connectivity index (χ0n) is 19.1. The fourth-order valence-electron chi connectivity index (χ4n) is 3.83. The number of ether oxygens (including phenoxy) is 1. The molecule has 1 atom stereocenters. The molecular weight excluding hydrogens is 464 g/mol. The van der Waals surface area contributed by atoms with Crippen LogP contribution >= 0.6 is 11.6 Å². The second-order valence-corrected chi connectivity index (χ2v) is 8.32. The predicted molar refractivity (Wildman–Crippen MR) is 129 cm³/mol. The number of rotatable bonds is 6. The van der Waals surface area contributed by atoms with Crippen molar-refractivity contribution < 1.29 is 18.3 Å². The van der Waals surface area contributed by atoms with Gasteiger partial charge in [-0.15, -0.1) is 0 Å². The van der Waals surface area contributed by atoms with Gasteiger partial charge >= 0.3 is 6.03 Å². The number of carbonyl (C=O) groups excluding carboxylic acids is 1. The summed E-state index contributed by atoms with van der Waals surface area (Å²) >= 11 is 6.15. The van der Waals surface area contributed by atoms with Gasteiger partial charge in [0, 0.05) is 32.8 Å². The SMILES string of the molecule is COCCN1CCC(c2ccc(F)c(F)c2)C1.Cn1nc(-c2ccccc2)c(Cl)c1NC(N)=O. The number of carbonyl (C=O) groups is 1. The molecule has 1 unspecified atom stereocenters. The van der Waals surface area contributed by atoms with E-state index in [2.05, 4.69) is 15.3 Å². The maximum absolute atomic E-state index is 13.1. The fraction of sp³-hybridized carbons (Fsp3) is 0.333. The van der Waals surface area contributed by atoms with Crippen LogP contribution in [0.3, 0.4) is 0 Å². The number of likely N-dealkylation sites (tertiary alicyclic amines) is 1. The summed E-state index contributed by atoms with van der Waals surface area (Å²) in [4.78, 5) is 13.1. The van der Waals surface area contributed by atoms with Crippen LogP contribution in [0.15, 0.2) is 48.5 Å². The van der Waals surface area contributed by atoms with Crippen LogP contribution < -0.4 is 11.1 Å². The van der Waals surface area contributed by atoms with Gasteiger partial charge in [0.15, 0.2) is 17.5 Å². The summed E-state index contributed by atoms with van der Waals surface area (Å²) in [5.41, 5.74) is 7.44. The molecule has 1 fully saturated rings. The van der Waals surface area contributed by atoms with E-state index in [1.54, 1.807) is 20.2 Å². The molecule has 1 aromatic heterocycles. The molecule has 0 spiro atoms. The van der Waals surface area contributed by atoms with Gasteiger partial charge in [-0.1, -0.05) is 48.0 Å². The van der Waals surface area contributed by atoms with E-state index < -0.39 is 17.7 Å². The summed E-state index contributed by atoms with van der Waals surface area (Å²) in [6, 6.07) is 13.0. The fourth-order valence-corrected chi connectivity index (χ4v) is 4.14. The Labute approximate surface area is 202 Å². The Morgan fingerprint density at radius 3 is 2.62 bits per heavy atom. The van der Waals surface area contributed by atoms with Gasteiger partial charge in [-0.3, -0.25) is 10.00 Å². The third kappa shape index (κ3) is 6.53. The molecule has 2 aromatic carbocycles. The number of benzene rings is 2. The molecule has 0 bridgehead atoms. The lowest BCUT2D eigenvalue weighted by Crippen LogP contribution is -2.24. The number of urea groups is 1. The second kappa shape index (κ2) is 11.9. The molecule has 182 valence electrons. The Morgan fingerprint density at radius 1 is 1.24 bits per heavy atom. The van der Waals surface area contributed by atoms with E-state index in [0.29, 0.717) is 29.1 Å². The van der Waals surface area contributed by atoms with Gasteiger partial charge in [0.25, 0.3) is 0 Å². The van der Waals surface area contributed by atoms with Crippen LogP contribution in [0.4, 0.5) is 19.4 Å². The number of methoxy groups -OCH3 is 1. The number of halogens is 3. The third-order valence-corrected chi connectivity index (χ3v) is 5.94. The maximum Gasteiger partial charge on any atom is 0.317 e. The number of nitrogens with one attached hydrogen (secondary N) is 1. The van der Waals surface area contributed by atoms with Crippen molar-refractivity contribution in [2.45, 2.75) is 12.3 Å². The van der Waals surface area contributed by atoms with E-state index in [0.717, 1.165) is 37.2 Å². The smallest absolute Gasteiger partial charge is 0.317 e. The highest BCUT2D eigenvalue weighted by Gasteiger charge is 2.24. The minimum atomic E-state index is -0.775. The average molecular weight is 492 g/mol. The molecule has 3 N–H and O–H groups in total. The molecule has 34 heavy (non-hydrogen) atoms. The van der Waals surface area contributed by atoms with Gasteiger partial charge in [-0.05, 0) is 36.6 Å². The van der Waals surface area contributed by atoms with Gasteiger partial charge < -0.3 is 15.4 Å². The van der Waals surface area contributed by atoms with Crippen LogP contribution in [0.1, 0.15) is 17.9 Å². The quantitative estimate of drug-likeness (QED) is 0.526. The Bertz CT molecular complexity index is 1110. The lowest BCUT2D eigenvalue weighted by Gasteiger charge is -2.15. The number of hydrogen-bond acceptors (Lipinski definition) is 4. The average Bonchev–Trinajstić information content (AvgIpc) is 3.40. The minimum absolute atomic E-state index is 0.307. The van der Waals surface area contributed by atoms with Gasteiger partial charge in [0.1, 0.15) is 10.7 Å². The maximum atomic E-state index is 13.1. The van der Waals surface area contributed by atoms with Crippen molar-refractivity contribution in [2.75, 3.05) is 38.7 Å². The highest BCUT2D eigenvalue weighted by Crippen LogP contribution is 2.32. The molecular formula is C24H28ClF2N5O2. The molecule has 2 heterocycles. The van der Waals surface area contributed by atoms with Crippen molar-refractivity contribution in [2.24, 2.45) is 12.8 Å². The lowest BCUT2D eigenvalue weighted by atomic mass is 9.98. The molecule has 2 amide bonds. The standard InChI is InChI=1S/C13H17F2NO.C11H11ClN4O/c1-17-7-6-16-5-4-11(9-16)10-2-3-12(14)13(15)8-10;1-16-10(14-11(13)17)8(12)9(15-16)7-5-3-2-4-6-7/h2-3,8,11H,4-7,9H2,1H3;2-6H,1H3,(H3,13,14,17). The minimum Gasteiger partial charge on any atom is -0.383 e. The van der Waals surface area contributed by atoms with Crippen molar-refractivity contribution >= 4 is 23.4 Å². The normalized spacial score (nSPS) is 15.6. The van der Waals surface area contributed by atoms with E-state index >= 15 is 0 Å². The number of hydrogen-bond donors (Lipinski definition) is 2. The molecule has 3 aromatic rings. The van der Waals surface area contributed by atoms with E-state index in [1.807, 2.05) is 30.3 Å². The van der Waals surface area contributed by atoms with Crippen molar-refractivity contribution in [3.05, 3.63) is 70.8 Å². The zero-order chi connectivity index (χ0) is 24.7. The Morgan fingerprint density at radius 2 is 1.97 bits per heavy atom. The first-order valence-corrected chi connectivity index (χ1v) is 11.2. The van der Waals surface area contributed by atoms with Crippen LogP contribution in [-0.2, 0) is 11.8 Å². The van der Waals surface area contributed by atoms with Crippen LogP contribution in [-0.4, -0.2) is 54.1 Å². The Balaban J connectivity index is 0.000000191. The third-order valence-electron chi connectivity index (χ3n) is 5.58. The molecule has 10 heteroatoms. The van der Waals surface area contributed by atoms with Crippen LogP contribution in [0.25, 0.3) is 11.3 Å². The van der Waals surface area contributed by atoms with Crippen LogP contribution in [0.5, 0.6) is 0 Å². The number of primary amides is 1. The monoisotopic (exact) mass is 491 g/mol. The summed E-state index contributed by atoms with van der Waals surface area (Å²) in [6.45, 7) is 3.50. The van der Waals surface area contributed by atoms with Gasteiger partial charge in [0.05, 0.1) is 6.61 Å². The van der Waals surface area contributed by atoms with Crippen molar-refractivity contribution in [1.29, 1.82) is 0 Å². The highest BCUT2D eigenvalue weighted by molar-refractivity contribution is 6.36. The summed E-state index contributed by atoms with van der Waals surface area (Å²) in [6.07, 6.45) is 0.995. The van der Waals surface area contributed by atoms with E-state index in [1.165, 1.54) is 16.8 Å². The second-order valence-electron chi connectivity index (χ2n) is 7.94. The first kappa shape index (κ1) is 25.6. The molecule has 4 rings (SSSR count). The first-order chi connectivity index (χ1) is 16.3. The number of anilines is 1. The number of aromatic nitrogens is 2. The van der Waals surface area contributed by atoms with Gasteiger partial charge in [0.2, 0.25) is 0 Å². The summed E-state index contributed by atoms with van der Waals surface area (Å²) in [7, 11) is 3.37. The zero-order valence-corrected chi connectivity index (χ0v) is 19.9. The number of aryl methyl sites for hydroxylation is 1. The molecule has 1 aliphatic heterocycles. The van der Waals surface area contributed by atoms with Crippen molar-refractivity contribution in [3.63, 3.8) is 0 Å². The van der Waals surface area contributed by atoms with Gasteiger partial charge in [-0.2, -0.15) is 5.10 Å². The van der Waals surface area contributed by atoms with E-state index in [-0.39, 0.29) is 0 Å². The van der Waals surface area contributed by atoms with Gasteiger partial charge in [-0.25, -0.2) is 13.6 Å². The lowest BCUT2D eigenvalue weighted by molar-refractivity contribution is 0.160. The first-order valence-electron chi connectivity index (χ1n) is 10.8. The molecule has 0 radical (unpaired) electrons. The molecule has 7 nitrogen and oxygen atoms in total. The summed E-state index contributed by atoms with van der Waals surface area (Å²) in [5, 5.41) is 7.06. The molecule has 0 saturated carbocycles. The Hall–Kier alpha value is -3.01. The predicted octanol–water partition coefficient (Wildman–Crippen LogP) is 4.63. The number of nitrogens with zero attached hydrogens (tertiary/aromatic N) is 3.